The highest BCUT2D eigenvalue weighted by molar-refractivity contribution is 7.14. The molecule has 2 fully saturated rings. The van der Waals surface area contributed by atoms with Gasteiger partial charge in [-0.25, -0.2) is 9.37 Å². The minimum atomic E-state index is -0.388. The zero-order valence-corrected chi connectivity index (χ0v) is 18.4. The number of amides is 2. The number of carbonyl (C=O) groups is 2. The van der Waals surface area contributed by atoms with Crippen LogP contribution in [0.4, 0.5) is 15.2 Å². The largest absolute Gasteiger partial charge is 0.339 e. The molecule has 1 aliphatic heterocycles. The van der Waals surface area contributed by atoms with E-state index in [1.54, 1.807) is 17.0 Å². The first-order chi connectivity index (χ1) is 15.6. The van der Waals surface area contributed by atoms with Gasteiger partial charge >= 0.3 is 0 Å². The minimum absolute atomic E-state index is 0.0781. The van der Waals surface area contributed by atoms with Gasteiger partial charge in [-0.2, -0.15) is 0 Å². The Kier molecular flexibility index (Phi) is 5.74. The number of aromatic nitrogens is 1. The van der Waals surface area contributed by atoms with E-state index in [0.717, 1.165) is 36.9 Å². The number of hydrogen-bond donors (Lipinski definition) is 0. The number of thiazole rings is 1. The SMILES string of the molecule is O=C(C1CC(=O)N(C2CCCC2)C1)N(c1ccccc1)c1nc(-c2ccc(F)cc2)cs1. The normalized spacial score (nSPS) is 19.0. The van der Waals surface area contributed by atoms with E-state index in [2.05, 4.69) is 0 Å². The summed E-state index contributed by atoms with van der Waals surface area (Å²) >= 11 is 1.37. The van der Waals surface area contributed by atoms with E-state index in [4.69, 9.17) is 4.98 Å². The number of likely N-dealkylation sites (tertiary alicyclic amines) is 1. The lowest BCUT2D eigenvalue weighted by molar-refractivity contribution is -0.130. The molecule has 164 valence electrons. The number of hydrogen-bond acceptors (Lipinski definition) is 4. The molecule has 1 aliphatic carbocycles. The van der Waals surface area contributed by atoms with Crippen LogP contribution in [0.1, 0.15) is 32.1 Å². The molecule has 5 rings (SSSR count). The predicted molar refractivity (Wildman–Crippen MR) is 123 cm³/mol. The summed E-state index contributed by atoms with van der Waals surface area (Å²) in [6, 6.07) is 15.9. The third kappa shape index (κ3) is 4.05. The van der Waals surface area contributed by atoms with Gasteiger partial charge in [-0.05, 0) is 49.2 Å². The molecule has 7 heteroatoms. The molecule has 2 heterocycles. The van der Waals surface area contributed by atoms with Crippen LogP contribution in [-0.2, 0) is 9.59 Å². The molecular formula is C25H24FN3O2S. The van der Waals surface area contributed by atoms with E-state index in [-0.39, 0.29) is 36.0 Å². The van der Waals surface area contributed by atoms with Crippen LogP contribution in [0, 0.1) is 11.7 Å². The molecule has 3 aromatic rings. The molecule has 2 aliphatic rings. The molecule has 32 heavy (non-hydrogen) atoms. The van der Waals surface area contributed by atoms with Crippen molar-refractivity contribution in [1.29, 1.82) is 0 Å². The smallest absolute Gasteiger partial charge is 0.238 e. The summed E-state index contributed by atoms with van der Waals surface area (Å²) < 4.78 is 13.3. The molecule has 1 atom stereocenters. The quantitative estimate of drug-likeness (QED) is 0.524. The Balaban J connectivity index is 1.44. The highest BCUT2D eigenvalue weighted by Crippen LogP contribution is 2.36. The van der Waals surface area contributed by atoms with E-state index in [1.807, 2.05) is 40.6 Å². The van der Waals surface area contributed by atoms with Crippen LogP contribution in [0.3, 0.4) is 0 Å². The average Bonchev–Trinajstić information content (AvgIpc) is 3.56. The fourth-order valence-corrected chi connectivity index (χ4v) is 5.54. The van der Waals surface area contributed by atoms with Gasteiger partial charge in [0, 0.05) is 30.0 Å². The lowest BCUT2D eigenvalue weighted by Crippen LogP contribution is -2.37. The Bertz CT molecular complexity index is 1110. The molecule has 0 bridgehead atoms. The second-order valence-electron chi connectivity index (χ2n) is 8.42. The molecular weight excluding hydrogens is 425 g/mol. The maximum Gasteiger partial charge on any atom is 0.238 e. The number of benzene rings is 2. The molecule has 0 spiro atoms. The average molecular weight is 450 g/mol. The Labute approximate surface area is 190 Å². The fraction of sp³-hybridized carbons (Fsp3) is 0.320. The van der Waals surface area contributed by atoms with Crippen molar-refractivity contribution < 1.29 is 14.0 Å². The van der Waals surface area contributed by atoms with Crippen molar-refractivity contribution >= 4 is 34.0 Å². The van der Waals surface area contributed by atoms with Crippen molar-refractivity contribution in [3.05, 3.63) is 65.8 Å². The predicted octanol–water partition coefficient (Wildman–Crippen LogP) is 5.41. The zero-order chi connectivity index (χ0) is 22.1. The van der Waals surface area contributed by atoms with Gasteiger partial charge in [-0.1, -0.05) is 31.0 Å². The van der Waals surface area contributed by atoms with E-state index in [0.29, 0.717) is 17.4 Å². The van der Waals surface area contributed by atoms with Crippen molar-refractivity contribution in [3.8, 4) is 11.3 Å². The van der Waals surface area contributed by atoms with E-state index >= 15 is 0 Å². The van der Waals surface area contributed by atoms with E-state index in [9.17, 15) is 14.0 Å². The molecule has 1 saturated carbocycles. The Morgan fingerprint density at radius 1 is 1.06 bits per heavy atom. The van der Waals surface area contributed by atoms with Gasteiger partial charge in [0.15, 0.2) is 5.13 Å². The van der Waals surface area contributed by atoms with Gasteiger partial charge in [-0.15, -0.1) is 11.3 Å². The highest BCUT2D eigenvalue weighted by Gasteiger charge is 2.41. The lowest BCUT2D eigenvalue weighted by Gasteiger charge is -2.26. The molecule has 0 N–H and O–H groups in total. The van der Waals surface area contributed by atoms with Crippen LogP contribution in [0.25, 0.3) is 11.3 Å². The number of rotatable bonds is 5. The van der Waals surface area contributed by atoms with Crippen LogP contribution in [0.15, 0.2) is 60.0 Å². The van der Waals surface area contributed by atoms with Crippen LogP contribution >= 0.6 is 11.3 Å². The number of nitrogens with zero attached hydrogens (tertiary/aromatic N) is 3. The molecule has 2 amide bonds. The summed E-state index contributed by atoms with van der Waals surface area (Å²) in [5.41, 5.74) is 2.20. The monoisotopic (exact) mass is 449 g/mol. The Morgan fingerprint density at radius 3 is 2.50 bits per heavy atom. The Hall–Kier alpha value is -3.06. The number of para-hydroxylation sites is 1. The maximum atomic E-state index is 13.7. The van der Waals surface area contributed by atoms with Gasteiger partial charge in [0.05, 0.1) is 17.3 Å². The fourth-order valence-electron chi connectivity index (χ4n) is 4.68. The van der Waals surface area contributed by atoms with Crippen molar-refractivity contribution in [1.82, 2.24) is 9.88 Å². The lowest BCUT2D eigenvalue weighted by atomic mass is 10.1. The third-order valence-corrected chi connectivity index (χ3v) is 7.16. The standard InChI is InChI=1S/C25H24FN3O2S/c26-19-12-10-17(11-13-19)22-16-32-25(27-22)29(21-8-2-1-3-9-21)24(31)18-14-23(30)28(15-18)20-6-4-5-7-20/h1-3,8-13,16,18,20H,4-7,14-15H2. The first-order valence-corrected chi connectivity index (χ1v) is 11.9. The number of halogens is 1. The highest BCUT2D eigenvalue weighted by atomic mass is 32.1. The second kappa shape index (κ2) is 8.82. The topological polar surface area (TPSA) is 53.5 Å². The summed E-state index contributed by atoms with van der Waals surface area (Å²) in [6.07, 6.45) is 4.60. The zero-order valence-electron chi connectivity index (χ0n) is 17.6. The van der Waals surface area contributed by atoms with Gasteiger partial charge < -0.3 is 4.90 Å². The minimum Gasteiger partial charge on any atom is -0.339 e. The van der Waals surface area contributed by atoms with E-state index < -0.39 is 0 Å². The van der Waals surface area contributed by atoms with Crippen molar-refractivity contribution in [3.63, 3.8) is 0 Å². The first-order valence-electron chi connectivity index (χ1n) is 11.0. The van der Waals surface area contributed by atoms with Gasteiger partial charge in [-0.3, -0.25) is 14.5 Å². The van der Waals surface area contributed by atoms with Crippen LogP contribution in [0.5, 0.6) is 0 Å². The van der Waals surface area contributed by atoms with Gasteiger partial charge in [0.25, 0.3) is 0 Å². The van der Waals surface area contributed by atoms with Crippen molar-refractivity contribution in [2.45, 2.75) is 38.1 Å². The molecule has 5 nitrogen and oxygen atoms in total. The molecule has 0 radical (unpaired) electrons. The second-order valence-corrected chi connectivity index (χ2v) is 9.25. The third-order valence-electron chi connectivity index (χ3n) is 6.33. The van der Waals surface area contributed by atoms with Crippen LogP contribution < -0.4 is 4.90 Å². The molecule has 1 unspecified atom stereocenters. The van der Waals surface area contributed by atoms with Crippen molar-refractivity contribution in [2.75, 3.05) is 11.4 Å². The molecule has 1 aromatic heterocycles. The summed E-state index contributed by atoms with van der Waals surface area (Å²) in [6.45, 7) is 0.474. The Morgan fingerprint density at radius 2 is 1.78 bits per heavy atom. The number of anilines is 2. The maximum absolute atomic E-state index is 13.7. The summed E-state index contributed by atoms with van der Waals surface area (Å²) in [7, 11) is 0. The van der Waals surface area contributed by atoms with Crippen LogP contribution in [-0.4, -0.2) is 34.3 Å². The summed E-state index contributed by atoms with van der Waals surface area (Å²) in [5.74, 6) is -0.719. The summed E-state index contributed by atoms with van der Waals surface area (Å²) in [5, 5.41) is 2.42. The number of carbonyl (C=O) groups excluding carboxylic acids is 2. The van der Waals surface area contributed by atoms with Gasteiger partial charge in [0.2, 0.25) is 11.8 Å². The first kappa shape index (κ1) is 20.8. The van der Waals surface area contributed by atoms with Crippen molar-refractivity contribution in [2.24, 2.45) is 5.92 Å². The molecule has 2 aromatic carbocycles. The molecule has 1 saturated heterocycles. The van der Waals surface area contributed by atoms with Gasteiger partial charge in [0.1, 0.15) is 5.82 Å². The van der Waals surface area contributed by atoms with E-state index in [1.165, 1.54) is 23.5 Å². The van der Waals surface area contributed by atoms with Crippen LogP contribution in [0.2, 0.25) is 0 Å². The summed E-state index contributed by atoms with van der Waals surface area (Å²) in [4.78, 5) is 34.7.